The first-order valence-corrected chi connectivity index (χ1v) is 8.38. The number of hydrogen-bond acceptors (Lipinski definition) is 2. The zero-order valence-corrected chi connectivity index (χ0v) is 14.3. The van der Waals surface area contributed by atoms with Crippen LogP contribution in [0.3, 0.4) is 0 Å². The van der Waals surface area contributed by atoms with Gasteiger partial charge >= 0.3 is 0 Å². The van der Waals surface area contributed by atoms with Crippen LogP contribution < -0.4 is 11.5 Å². The second-order valence-corrected chi connectivity index (χ2v) is 6.17. The Morgan fingerprint density at radius 1 is 0.538 bits per heavy atom. The monoisotopic (exact) mass is 344 g/mol. The molecule has 0 saturated carbocycles. The SMILES string of the molecule is NC(=O)c1ccccc1Cc1ccccc1Cc1ccccc1C(N)=O. The van der Waals surface area contributed by atoms with E-state index in [0.29, 0.717) is 24.0 Å². The molecule has 0 radical (unpaired) electrons. The fraction of sp³-hybridized carbons (Fsp3) is 0.0909. The minimum absolute atomic E-state index is 0.433. The summed E-state index contributed by atoms with van der Waals surface area (Å²) >= 11 is 0. The first kappa shape index (κ1) is 17.4. The van der Waals surface area contributed by atoms with Gasteiger partial charge in [-0.05, 0) is 47.2 Å². The molecule has 0 spiro atoms. The van der Waals surface area contributed by atoms with Crippen LogP contribution in [0.5, 0.6) is 0 Å². The molecule has 4 heteroatoms. The second-order valence-electron chi connectivity index (χ2n) is 6.17. The van der Waals surface area contributed by atoms with Gasteiger partial charge in [-0.1, -0.05) is 60.7 Å². The van der Waals surface area contributed by atoms with E-state index in [1.807, 2.05) is 48.5 Å². The van der Waals surface area contributed by atoms with Gasteiger partial charge in [0.15, 0.2) is 0 Å². The van der Waals surface area contributed by atoms with Crippen LogP contribution in [0.4, 0.5) is 0 Å². The van der Waals surface area contributed by atoms with Gasteiger partial charge in [-0.3, -0.25) is 9.59 Å². The van der Waals surface area contributed by atoms with Crippen molar-refractivity contribution >= 4 is 11.8 Å². The highest BCUT2D eigenvalue weighted by molar-refractivity contribution is 5.95. The third-order valence-corrected chi connectivity index (χ3v) is 4.45. The molecule has 0 aliphatic rings. The minimum Gasteiger partial charge on any atom is -0.366 e. The number of primary amides is 2. The van der Waals surface area contributed by atoms with Crippen LogP contribution in [0.2, 0.25) is 0 Å². The van der Waals surface area contributed by atoms with Crippen LogP contribution in [-0.2, 0) is 12.8 Å². The van der Waals surface area contributed by atoms with Gasteiger partial charge < -0.3 is 11.5 Å². The third-order valence-electron chi connectivity index (χ3n) is 4.45. The van der Waals surface area contributed by atoms with Crippen molar-refractivity contribution in [1.29, 1.82) is 0 Å². The van der Waals surface area contributed by atoms with Crippen molar-refractivity contribution < 1.29 is 9.59 Å². The number of rotatable bonds is 6. The summed E-state index contributed by atoms with van der Waals surface area (Å²) in [6, 6.07) is 22.7. The molecular formula is C22H20N2O2. The Kier molecular flexibility index (Phi) is 5.13. The van der Waals surface area contributed by atoms with Crippen molar-refractivity contribution in [3.05, 3.63) is 106 Å². The van der Waals surface area contributed by atoms with E-state index in [2.05, 4.69) is 0 Å². The van der Waals surface area contributed by atoms with Gasteiger partial charge in [-0.25, -0.2) is 0 Å². The predicted molar refractivity (Wildman–Crippen MR) is 102 cm³/mol. The first-order valence-electron chi connectivity index (χ1n) is 8.38. The summed E-state index contributed by atoms with van der Waals surface area (Å²) in [6.07, 6.45) is 1.18. The predicted octanol–water partition coefficient (Wildman–Crippen LogP) is 3.07. The molecule has 0 atom stereocenters. The zero-order chi connectivity index (χ0) is 18.5. The molecule has 4 N–H and O–H groups in total. The average Bonchev–Trinajstić information content (AvgIpc) is 2.64. The van der Waals surface area contributed by atoms with E-state index in [4.69, 9.17) is 11.5 Å². The summed E-state index contributed by atoms with van der Waals surface area (Å²) in [7, 11) is 0. The summed E-state index contributed by atoms with van der Waals surface area (Å²) in [5.41, 5.74) is 16.0. The Morgan fingerprint density at radius 2 is 0.846 bits per heavy atom. The van der Waals surface area contributed by atoms with Gasteiger partial charge in [0.05, 0.1) is 0 Å². The molecular weight excluding hydrogens is 324 g/mol. The number of nitrogens with two attached hydrogens (primary N) is 2. The average molecular weight is 344 g/mol. The van der Waals surface area contributed by atoms with Gasteiger partial charge in [-0.2, -0.15) is 0 Å². The Morgan fingerprint density at radius 3 is 1.19 bits per heavy atom. The van der Waals surface area contributed by atoms with E-state index >= 15 is 0 Å². The summed E-state index contributed by atoms with van der Waals surface area (Å²) < 4.78 is 0. The third kappa shape index (κ3) is 3.81. The van der Waals surface area contributed by atoms with Crippen molar-refractivity contribution in [2.45, 2.75) is 12.8 Å². The molecule has 0 aromatic heterocycles. The highest BCUT2D eigenvalue weighted by Gasteiger charge is 2.12. The Bertz CT molecular complexity index is 885. The molecule has 0 heterocycles. The van der Waals surface area contributed by atoms with Crippen LogP contribution >= 0.6 is 0 Å². The summed E-state index contributed by atoms with van der Waals surface area (Å²) in [5.74, 6) is -0.866. The van der Waals surface area contributed by atoms with Crippen LogP contribution in [0.15, 0.2) is 72.8 Å². The van der Waals surface area contributed by atoms with Gasteiger partial charge in [-0.15, -0.1) is 0 Å². The maximum atomic E-state index is 11.7. The fourth-order valence-corrected chi connectivity index (χ4v) is 3.14. The lowest BCUT2D eigenvalue weighted by molar-refractivity contribution is 0.0991. The van der Waals surface area contributed by atoms with Crippen LogP contribution in [0.25, 0.3) is 0 Å². The lowest BCUT2D eigenvalue weighted by Gasteiger charge is -2.13. The zero-order valence-electron chi connectivity index (χ0n) is 14.3. The van der Waals surface area contributed by atoms with E-state index in [0.717, 1.165) is 22.3 Å². The molecule has 26 heavy (non-hydrogen) atoms. The van der Waals surface area contributed by atoms with Crippen molar-refractivity contribution in [3.63, 3.8) is 0 Å². The molecule has 4 nitrogen and oxygen atoms in total. The lowest BCUT2D eigenvalue weighted by atomic mass is 9.92. The molecule has 0 unspecified atom stereocenters. The highest BCUT2D eigenvalue weighted by atomic mass is 16.1. The maximum Gasteiger partial charge on any atom is 0.248 e. The molecule has 3 rings (SSSR count). The summed E-state index contributed by atoms with van der Waals surface area (Å²) in [6.45, 7) is 0. The van der Waals surface area contributed by atoms with Gasteiger partial charge in [0, 0.05) is 11.1 Å². The minimum atomic E-state index is -0.433. The van der Waals surface area contributed by atoms with E-state index in [1.54, 1.807) is 24.3 Å². The van der Waals surface area contributed by atoms with Crippen LogP contribution in [-0.4, -0.2) is 11.8 Å². The molecule has 130 valence electrons. The van der Waals surface area contributed by atoms with Crippen LogP contribution in [0.1, 0.15) is 43.0 Å². The molecule has 0 saturated heterocycles. The van der Waals surface area contributed by atoms with Crippen molar-refractivity contribution in [2.75, 3.05) is 0 Å². The number of carbonyl (C=O) groups excluding carboxylic acids is 2. The topological polar surface area (TPSA) is 86.2 Å². The molecule has 0 aliphatic carbocycles. The quantitative estimate of drug-likeness (QED) is 0.720. The van der Waals surface area contributed by atoms with Crippen molar-refractivity contribution in [1.82, 2.24) is 0 Å². The van der Waals surface area contributed by atoms with Gasteiger partial charge in [0.2, 0.25) is 11.8 Å². The largest absolute Gasteiger partial charge is 0.366 e. The highest BCUT2D eigenvalue weighted by Crippen LogP contribution is 2.21. The Balaban J connectivity index is 1.96. The molecule has 2 amide bonds. The van der Waals surface area contributed by atoms with E-state index in [1.165, 1.54) is 0 Å². The number of hydrogen-bond donors (Lipinski definition) is 2. The molecule has 0 bridgehead atoms. The van der Waals surface area contributed by atoms with E-state index in [9.17, 15) is 9.59 Å². The molecule has 3 aromatic carbocycles. The standard InChI is InChI=1S/C22H20N2O2/c23-21(25)19-11-5-3-9-17(19)13-15-7-1-2-8-16(15)14-18-10-4-6-12-20(18)22(24)26/h1-12H,13-14H2,(H2,23,25)(H2,24,26). The fourth-order valence-electron chi connectivity index (χ4n) is 3.14. The van der Waals surface area contributed by atoms with E-state index in [-0.39, 0.29) is 0 Å². The number of carbonyl (C=O) groups is 2. The molecule has 0 aliphatic heterocycles. The second kappa shape index (κ2) is 7.66. The number of benzene rings is 3. The van der Waals surface area contributed by atoms with Gasteiger partial charge in [0.1, 0.15) is 0 Å². The Labute approximate surface area is 152 Å². The van der Waals surface area contributed by atoms with Gasteiger partial charge in [0.25, 0.3) is 0 Å². The smallest absolute Gasteiger partial charge is 0.248 e. The maximum absolute atomic E-state index is 11.7. The molecule has 0 fully saturated rings. The first-order chi connectivity index (χ1) is 12.6. The normalized spacial score (nSPS) is 10.5. The summed E-state index contributed by atoms with van der Waals surface area (Å²) in [4.78, 5) is 23.4. The van der Waals surface area contributed by atoms with Crippen molar-refractivity contribution in [2.24, 2.45) is 11.5 Å². The van der Waals surface area contributed by atoms with Crippen LogP contribution in [0, 0.1) is 0 Å². The number of amides is 2. The van der Waals surface area contributed by atoms with E-state index < -0.39 is 11.8 Å². The summed E-state index contributed by atoms with van der Waals surface area (Å²) in [5, 5.41) is 0. The Hall–Kier alpha value is -3.40. The molecule has 3 aromatic rings. The van der Waals surface area contributed by atoms with Crippen molar-refractivity contribution in [3.8, 4) is 0 Å². The lowest BCUT2D eigenvalue weighted by Crippen LogP contribution is -2.15.